The first-order valence-corrected chi connectivity index (χ1v) is 9.91. The van der Waals surface area contributed by atoms with Crippen molar-refractivity contribution in [2.24, 2.45) is 11.8 Å². The number of hydrogen-bond acceptors (Lipinski definition) is 6. The van der Waals surface area contributed by atoms with Gasteiger partial charge in [0.05, 0.1) is 24.4 Å². The quantitative estimate of drug-likeness (QED) is 0.239. The highest BCUT2D eigenvalue weighted by Crippen LogP contribution is 2.34. The molecule has 0 radical (unpaired) electrons. The summed E-state index contributed by atoms with van der Waals surface area (Å²) < 4.78 is 0. The van der Waals surface area contributed by atoms with Crippen molar-refractivity contribution in [2.75, 3.05) is 0 Å². The lowest BCUT2D eigenvalue weighted by atomic mass is 9.86. The van der Waals surface area contributed by atoms with Crippen molar-refractivity contribution in [2.45, 2.75) is 89.1 Å². The van der Waals surface area contributed by atoms with Gasteiger partial charge in [-0.05, 0) is 25.7 Å². The number of aliphatic hydroxyl groups excluding tert-OH is 4. The Labute approximate surface area is 160 Å². The lowest BCUT2D eigenvalue weighted by Gasteiger charge is -2.24. The van der Waals surface area contributed by atoms with Crippen LogP contribution in [-0.4, -0.2) is 61.7 Å². The van der Waals surface area contributed by atoms with Crippen LogP contribution in [0, 0.1) is 11.8 Å². The van der Waals surface area contributed by atoms with Gasteiger partial charge < -0.3 is 25.5 Å². The van der Waals surface area contributed by atoms with E-state index in [0.29, 0.717) is 6.42 Å². The van der Waals surface area contributed by atoms with Crippen LogP contribution in [0.3, 0.4) is 0 Å². The number of carboxylic acid groups (broad SMARTS) is 1. The van der Waals surface area contributed by atoms with Crippen LogP contribution < -0.4 is 0 Å². The number of carboxylic acids is 1. The fourth-order valence-corrected chi connectivity index (χ4v) is 3.56. The summed E-state index contributed by atoms with van der Waals surface area (Å²) in [5.74, 6) is -2.26. The zero-order chi connectivity index (χ0) is 20.4. The Bertz CT molecular complexity index is 491. The number of carbonyl (C=O) groups is 2. The number of unbranched alkanes of at least 4 members (excludes halogenated alkanes) is 2. The minimum Gasteiger partial charge on any atom is -0.481 e. The zero-order valence-electron chi connectivity index (χ0n) is 16.0. The summed E-state index contributed by atoms with van der Waals surface area (Å²) in [7, 11) is 0. The van der Waals surface area contributed by atoms with Gasteiger partial charge in [-0.15, -0.1) is 0 Å². The smallest absolute Gasteiger partial charge is 0.303 e. The molecule has 0 spiro atoms. The van der Waals surface area contributed by atoms with Crippen molar-refractivity contribution >= 4 is 11.8 Å². The first kappa shape index (κ1) is 23.8. The van der Waals surface area contributed by atoms with Crippen LogP contribution in [0.25, 0.3) is 0 Å². The number of rotatable bonds is 13. The molecule has 27 heavy (non-hydrogen) atoms. The molecule has 0 aromatic carbocycles. The van der Waals surface area contributed by atoms with Crippen LogP contribution in [-0.2, 0) is 9.59 Å². The summed E-state index contributed by atoms with van der Waals surface area (Å²) in [5.41, 5.74) is 0. The first-order chi connectivity index (χ1) is 12.8. The maximum absolute atomic E-state index is 12.2. The van der Waals surface area contributed by atoms with Crippen molar-refractivity contribution in [3.05, 3.63) is 12.2 Å². The van der Waals surface area contributed by atoms with Crippen molar-refractivity contribution in [1.82, 2.24) is 0 Å². The van der Waals surface area contributed by atoms with Gasteiger partial charge in [-0.25, -0.2) is 0 Å². The summed E-state index contributed by atoms with van der Waals surface area (Å²) in [5, 5.41) is 48.9. The Kier molecular flexibility index (Phi) is 10.8. The van der Waals surface area contributed by atoms with Crippen LogP contribution in [0.2, 0.25) is 0 Å². The van der Waals surface area contributed by atoms with Gasteiger partial charge in [0, 0.05) is 24.7 Å². The molecule has 1 aliphatic carbocycles. The van der Waals surface area contributed by atoms with Crippen molar-refractivity contribution in [3.63, 3.8) is 0 Å². The average Bonchev–Trinajstić information content (AvgIpc) is 2.86. The molecule has 0 bridgehead atoms. The third-order valence-electron chi connectivity index (χ3n) is 5.22. The minimum atomic E-state index is -1.16. The lowest BCUT2D eigenvalue weighted by Crippen LogP contribution is -2.32. The molecule has 0 unspecified atom stereocenters. The number of aliphatic hydroxyl groups is 4. The molecule has 1 saturated carbocycles. The van der Waals surface area contributed by atoms with Gasteiger partial charge in [-0.1, -0.05) is 38.3 Å². The Balaban J connectivity index is 2.59. The number of Topliss-reactive ketones (excluding diaryl/α,β-unsaturated/α-hetero) is 1. The Morgan fingerprint density at radius 2 is 1.85 bits per heavy atom. The van der Waals surface area contributed by atoms with Crippen molar-refractivity contribution in [3.8, 4) is 0 Å². The predicted molar refractivity (Wildman–Crippen MR) is 100 cm³/mol. The lowest BCUT2D eigenvalue weighted by molar-refractivity contribution is -0.137. The summed E-state index contributed by atoms with van der Waals surface area (Å²) >= 11 is 0. The average molecular weight is 386 g/mol. The number of hydrogen-bond donors (Lipinski definition) is 5. The largest absolute Gasteiger partial charge is 0.481 e. The van der Waals surface area contributed by atoms with Gasteiger partial charge >= 0.3 is 5.97 Å². The van der Waals surface area contributed by atoms with Crippen LogP contribution >= 0.6 is 0 Å². The molecule has 5 N–H and O–H groups in total. The topological polar surface area (TPSA) is 135 Å². The van der Waals surface area contributed by atoms with Crippen LogP contribution in [0.4, 0.5) is 0 Å². The molecular weight excluding hydrogens is 352 g/mol. The predicted octanol–water partition coefficient (Wildman–Crippen LogP) is 1.42. The van der Waals surface area contributed by atoms with E-state index in [9.17, 15) is 30.0 Å². The van der Waals surface area contributed by atoms with E-state index in [1.807, 2.05) is 0 Å². The molecule has 1 fully saturated rings. The maximum Gasteiger partial charge on any atom is 0.303 e. The second-order valence-corrected chi connectivity index (χ2v) is 7.53. The van der Waals surface area contributed by atoms with E-state index in [1.54, 1.807) is 12.2 Å². The second kappa shape index (κ2) is 12.2. The summed E-state index contributed by atoms with van der Waals surface area (Å²) in [6.45, 7) is 2.08. The van der Waals surface area contributed by atoms with E-state index < -0.39 is 42.2 Å². The molecule has 1 aliphatic rings. The van der Waals surface area contributed by atoms with Gasteiger partial charge in [-0.3, -0.25) is 9.59 Å². The summed E-state index contributed by atoms with van der Waals surface area (Å²) in [6.07, 6.45) is 3.37. The van der Waals surface area contributed by atoms with E-state index in [2.05, 4.69) is 6.92 Å². The van der Waals surface area contributed by atoms with E-state index in [-0.39, 0.29) is 37.9 Å². The Morgan fingerprint density at radius 3 is 2.48 bits per heavy atom. The van der Waals surface area contributed by atoms with Gasteiger partial charge in [0.2, 0.25) is 0 Å². The standard InChI is InChI=1S/C20H34O7/c1-2-3-4-6-13(21)9-10-14-15(18(24)12-17(14)23)11-19(25)16(22)7-5-8-20(26)27/h9-10,13-17,19,21-23,25H,2-8,11-12H2,1H3,(H,26,27)/b10-9+/t13-,14+,15+,16-,17+,19+/m0/s1. The molecule has 156 valence electrons. The highest BCUT2D eigenvalue weighted by atomic mass is 16.4. The third-order valence-corrected chi connectivity index (χ3v) is 5.22. The SMILES string of the molecule is CCCCC[C@H](O)/C=C/[C@H]1[C@H](O)CC(=O)[C@@H]1C[C@@H](O)[C@@H](O)CCCC(=O)O. The molecular formula is C20H34O7. The molecule has 0 heterocycles. The molecule has 1 rings (SSSR count). The third kappa shape index (κ3) is 8.51. The fraction of sp³-hybridized carbons (Fsp3) is 0.800. The summed E-state index contributed by atoms with van der Waals surface area (Å²) in [4.78, 5) is 22.7. The van der Waals surface area contributed by atoms with Crippen LogP contribution in [0.5, 0.6) is 0 Å². The molecule has 0 aliphatic heterocycles. The van der Waals surface area contributed by atoms with Gasteiger partial charge in [0.15, 0.2) is 0 Å². The molecule has 0 amide bonds. The summed E-state index contributed by atoms with van der Waals surface area (Å²) in [6, 6.07) is 0. The molecule has 7 heteroatoms. The van der Waals surface area contributed by atoms with Crippen molar-refractivity contribution in [1.29, 1.82) is 0 Å². The normalized spacial score (nSPS) is 26.4. The van der Waals surface area contributed by atoms with Gasteiger partial charge in [0.25, 0.3) is 0 Å². The zero-order valence-corrected chi connectivity index (χ0v) is 16.0. The van der Waals surface area contributed by atoms with Crippen LogP contribution in [0.1, 0.15) is 64.7 Å². The maximum atomic E-state index is 12.2. The van der Waals surface area contributed by atoms with E-state index in [0.717, 1.165) is 19.3 Å². The Morgan fingerprint density at radius 1 is 1.15 bits per heavy atom. The van der Waals surface area contributed by atoms with E-state index >= 15 is 0 Å². The minimum absolute atomic E-state index is 0.00503. The monoisotopic (exact) mass is 386 g/mol. The van der Waals surface area contributed by atoms with Crippen molar-refractivity contribution < 1.29 is 35.1 Å². The number of aliphatic carboxylic acids is 1. The highest BCUT2D eigenvalue weighted by Gasteiger charge is 2.41. The van der Waals surface area contributed by atoms with Crippen LogP contribution in [0.15, 0.2) is 12.2 Å². The fourth-order valence-electron chi connectivity index (χ4n) is 3.56. The number of ketones is 1. The second-order valence-electron chi connectivity index (χ2n) is 7.53. The molecule has 0 aromatic heterocycles. The molecule has 0 saturated heterocycles. The molecule has 0 aromatic rings. The van der Waals surface area contributed by atoms with E-state index in [1.165, 1.54) is 0 Å². The van der Waals surface area contributed by atoms with E-state index in [4.69, 9.17) is 5.11 Å². The first-order valence-electron chi connectivity index (χ1n) is 9.91. The van der Waals surface area contributed by atoms with Gasteiger partial charge in [-0.2, -0.15) is 0 Å². The molecule has 6 atom stereocenters. The molecule has 7 nitrogen and oxygen atoms in total. The van der Waals surface area contributed by atoms with Gasteiger partial charge in [0.1, 0.15) is 5.78 Å². The Hall–Kier alpha value is -1.28. The number of carbonyl (C=O) groups excluding carboxylic acids is 1. The highest BCUT2D eigenvalue weighted by molar-refractivity contribution is 5.84.